The number of nitrogens with zero attached hydrogens (tertiary/aromatic N) is 1. The maximum absolute atomic E-state index is 12.3. The topological polar surface area (TPSA) is 71.3 Å². The van der Waals surface area contributed by atoms with Gasteiger partial charge in [-0.1, -0.05) is 36.7 Å². The molecule has 1 unspecified atom stereocenters. The third-order valence-electron chi connectivity index (χ3n) is 4.12. The zero-order chi connectivity index (χ0) is 16.4. The number of benzene rings is 1. The fourth-order valence-electron chi connectivity index (χ4n) is 2.98. The number of anilines is 1. The van der Waals surface area contributed by atoms with E-state index in [1.807, 2.05) is 18.2 Å². The Morgan fingerprint density at radius 2 is 2.09 bits per heavy atom. The predicted octanol–water partition coefficient (Wildman–Crippen LogP) is 0.416. The van der Waals surface area contributed by atoms with Crippen LogP contribution in [0.25, 0.3) is 0 Å². The van der Waals surface area contributed by atoms with Gasteiger partial charge in [-0.15, -0.1) is 0 Å². The minimum atomic E-state index is -0.417. The average molecular weight is 336 g/mol. The van der Waals surface area contributed by atoms with Gasteiger partial charge in [-0.25, -0.2) is 4.79 Å². The molecule has 7 heteroatoms. The van der Waals surface area contributed by atoms with Crippen molar-refractivity contribution in [3.63, 3.8) is 0 Å². The Hall–Kier alpha value is -2.05. The molecule has 0 radical (unpaired) electrons. The fourth-order valence-corrected chi connectivity index (χ4v) is 3.17. The molecule has 1 atom stereocenters. The highest BCUT2D eigenvalue weighted by Gasteiger charge is 2.25. The Bertz CT molecular complexity index is 828. The van der Waals surface area contributed by atoms with E-state index in [0.717, 1.165) is 18.5 Å². The molecule has 0 bridgehead atoms. The van der Waals surface area contributed by atoms with Crippen LogP contribution in [0.15, 0.2) is 33.9 Å². The highest BCUT2D eigenvalue weighted by Crippen LogP contribution is 2.18. The second-order valence-corrected chi connectivity index (χ2v) is 6.20. The van der Waals surface area contributed by atoms with E-state index >= 15 is 0 Å². The summed E-state index contributed by atoms with van der Waals surface area (Å²) in [6.45, 7) is 4.74. The molecule has 0 saturated heterocycles. The number of rotatable bonds is 4. The lowest BCUT2D eigenvalue weighted by molar-refractivity contribution is -0.912. The summed E-state index contributed by atoms with van der Waals surface area (Å²) in [4.78, 5) is 28.1. The largest absolute Gasteiger partial charge is 0.330 e. The molecule has 2 aromatic rings. The van der Waals surface area contributed by atoms with E-state index in [0.29, 0.717) is 36.2 Å². The summed E-state index contributed by atoms with van der Waals surface area (Å²) in [6, 6.07) is 7.40. The van der Waals surface area contributed by atoms with E-state index in [1.165, 1.54) is 4.90 Å². The van der Waals surface area contributed by atoms with Crippen LogP contribution < -0.4 is 21.5 Å². The van der Waals surface area contributed by atoms with Gasteiger partial charge in [0.25, 0.3) is 5.56 Å². The van der Waals surface area contributed by atoms with Gasteiger partial charge in [0.05, 0.1) is 13.1 Å². The molecule has 1 aliphatic rings. The van der Waals surface area contributed by atoms with Gasteiger partial charge in [0, 0.05) is 5.02 Å². The van der Waals surface area contributed by atoms with Gasteiger partial charge in [-0.05, 0) is 18.1 Å². The predicted molar refractivity (Wildman–Crippen MR) is 90.2 cm³/mol. The minimum absolute atomic E-state index is 0.304. The van der Waals surface area contributed by atoms with Crippen LogP contribution in [0.3, 0.4) is 0 Å². The van der Waals surface area contributed by atoms with Gasteiger partial charge >= 0.3 is 5.69 Å². The maximum atomic E-state index is 12.3. The van der Waals surface area contributed by atoms with Crippen LogP contribution in [0.4, 0.5) is 5.82 Å². The van der Waals surface area contributed by atoms with Crippen LogP contribution in [-0.2, 0) is 13.1 Å². The van der Waals surface area contributed by atoms with Gasteiger partial charge in [0.15, 0.2) is 6.67 Å². The number of hydrogen-bond acceptors (Lipinski definition) is 3. The third-order valence-corrected chi connectivity index (χ3v) is 4.49. The first-order valence-corrected chi connectivity index (χ1v) is 8.14. The monoisotopic (exact) mass is 335 g/mol. The first kappa shape index (κ1) is 15.8. The van der Waals surface area contributed by atoms with Crippen molar-refractivity contribution in [3.05, 3.63) is 61.3 Å². The number of fused-ring (bicyclic) bond motifs is 1. The number of halogens is 1. The highest BCUT2D eigenvalue weighted by molar-refractivity contribution is 6.31. The van der Waals surface area contributed by atoms with Crippen molar-refractivity contribution in [1.82, 2.24) is 9.55 Å². The standard InChI is InChI=1S/C16H19ClN4O2/c1-2-7-20-9-12-14(18-10-20)21(16(23)19-15(12)22)8-11-5-3-4-6-13(11)17/h3-6,18H,2,7-10H2,1H3,(H,19,22,23)/p+1. The van der Waals surface area contributed by atoms with E-state index < -0.39 is 5.69 Å². The summed E-state index contributed by atoms with van der Waals surface area (Å²) in [7, 11) is 0. The Morgan fingerprint density at radius 1 is 1.30 bits per heavy atom. The molecular weight excluding hydrogens is 316 g/mol. The van der Waals surface area contributed by atoms with Crippen molar-refractivity contribution in [2.45, 2.75) is 26.4 Å². The van der Waals surface area contributed by atoms with Gasteiger partial charge in [-0.2, -0.15) is 0 Å². The Kier molecular flexibility index (Phi) is 4.54. The van der Waals surface area contributed by atoms with Crippen molar-refractivity contribution in [1.29, 1.82) is 0 Å². The van der Waals surface area contributed by atoms with Crippen molar-refractivity contribution in [2.24, 2.45) is 0 Å². The first-order valence-electron chi connectivity index (χ1n) is 7.77. The number of aromatic amines is 1. The summed E-state index contributed by atoms with van der Waals surface area (Å²) >= 11 is 6.19. The molecule has 3 rings (SSSR count). The average Bonchev–Trinajstić information content (AvgIpc) is 2.53. The molecule has 1 aromatic heterocycles. The second kappa shape index (κ2) is 6.60. The van der Waals surface area contributed by atoms with Gasteiger partial charge in [0.2, 0.25) is 0 Å². The zero-order valence-electron chi connectivity index (χ0n) is 13.0. The summed E-state index contributed by atoms with van der Waals surface area (Å²) < 4.78 is 1.56. The lowest BCUT2D eigenvalue weighted by atomic mass is 10.2. The Labute approximate surface area is 138 Å². The van der Waals surface area contributed by atoms with Crippen LogP contribution in [0.2, 0.25) is 5.02 Å². The third kappa shape index (κ3) is 3.18. The summed E-state index contributed by atoms with van der Waals surface area (Å²) in [5.41, 5.74) is 0.753. The van der Waals surface area contributed by atoms with E-state index in [2.05, 4.69) is 17.2 Å². The maximum Gasteiger partial charge on any atom is 0.330 e. The number of aromatic nitrogens is 2. The van der Waals surface area contributed by atoms with Crippen molar-refractivity contribution >= 4 is 17.4 Å². The molecule has 0 spiro atoms. The normalized spacial score (nSPS) is 16.7. The van der Waals surface area contributed by atoms with Crippen LogP contribution in [-0.4, -0.2) is 22.8 Å². The van der Waals surface area contributed by atoms with Crippen molar-refractivity contribution in [3.8, 4) is 0 Å². The Morgan fingerprint density at radius 3 is 2.83 bits per heavy atom. The molecular formula is C16H20ClN4O2+. The molecule has 1 aliphatic heterocycles. The lowest BCUT2D eigenvalue weighted by Crippen LogP contribution is -3.12. The summed E-state index contributed by atoms with van der Waals surface area (Å²) in [5, 5.41) is 3.86. The number of quaternary nitrogens is 1. The molecule has 122 valence electrons. The molecule has 6 nitrogen and oxygen atoms in total. The van der Waals surface area contributed by atoms with Gasteiger partial charge in [-0.3, -0.25) is 14.3 Å². The second-order valence-electron chi connectivity index (χ2n) is 5.79. The van der Waals surface area contributed by atoms with E-state index in [9.17, 15) is 9.59 Å². The van der Waals surface area contributed by atoms with Crippen molar-refractivity contribution in [2.75, 3.05) is 18.5 Å². The van der Waals surface area contributed by atoms with Gasteiger partial charge in [0.1, 0.15) is 17.9 Å². The Balaban J connectivity index is 2.02. The molecule has 0 aliphatic carbocycles. The SMILES string of the molecule is CCC[NH+]1CNc2c(c(=O)[nH]c(=O)n2Cc2ccccc2Cl)C1. The van der Waals surface area contributed by atoms with Gasteiger partial charge < -0.3 is 10.2 Å². The smallest absolute Gasteiger partial charge is 0.324 e. The van der Waals surface area contributed by atoms with E-state index in [4.69, 9.17) is 11.6 Å². The molecule has 0 saturated carbocycles. The quantitative estimate of drug-likeness (QED) is 0.758. The van der Waals surface area contributed by atoms with E-state index in [-0.39, 0.29) is 5.56 Å². The highest BCUT2D eigenvalue weighted by atomic mass is 35.5. The molecule has 3 N–H and O–H groups in total. The van der Waals surface area contributed by atoms with Crippen LogP contribution in [0, 0.1) is 0 Å². The zero-order valence-corrected chi connectivity index (χ0v) is 13.7. The van der Waals surface area contributed by atoms with Crippen molar-refractivity contribution < 1.29 is 4.90 Å². The molecule has 23 heavy (non-hydrogen) atoms. The minimum Gasteiger partial charge on any atom is -0.324 e. The van der Waals surface area contributed by atoms with Crippen LogP contribution in [0.1, 0.15) is 24.5 Å². The first-order chi connectivity index (χ1) is 11.1. The van der Waals surface area contributed by atoms with E-state index in [1.54, 1.807) is 10.6 Å². The molecule has 2 heterocycles. The molecule has 0 amide bonds. The number of nitrogens with one attached hydrogen (secondary N) is 3. The van der Waals surface area contributed by atoms with Crippen LogP contribution >= 0.6 is 11.6 Å². The number of hydrogen-bond donors (Lipinski definition) is 3. The number of H-pyrrole nitrogens is 1. The fraction of sp³-hybridized carbons (Fsp3) is 0.375. The molecule has 0 fully saturated rings. The summed E-state index contributed by atoms with van der Waals surface area (Å²) in [5.74, 6) is 0.610. The lowest BCUT2D eigenvalue weighted by Gasteiger charge is -2.28. The summed E-state index contributed by atoms with van der Waals surface area (Å²) in [6.07, 6.45) is 1.05. The van der Waals surface area contributed by atoms with Crippen LogP contribution in [0.5, 0.6) is 0 Å². The molecule has 1 aromatic carbocycles.